The molecule has 5 heteroatoms. The van der Waals surface area contributed by atoms with Crippen molar-refractivity contribution in [3.8, 4) is 0 Å². The summed E-state index contributed by atoms with van der Waals surface area (Å²) in [6.45, 7) is 2.02. The molecule has 0 heterocycles. The SMILES string of the molecule is Cc1cc([C@@H](N)CN)ccc1[N+](=O)[O-]. The van der Waals surface area contributed by atoms with E-state index in [1.165, 1.54) is 6.07 Å². The van der Waals surface area contributed by atoms with Gasteiger partial charge >= 0.3 is 0 Å². The predicted octanol–water partition coefficient (Wildman–Crippen LogP) is 0.862. The monoisotopic (exact) mass is 195 g/mol. The summed E-state index contributed by atoms with van der Waals surface area (Å²) in [4.78, 5) is 10.1. The first-order chi connectivity index (χ1) is 6.56. The average Bonchev–Trinajstić information content (AvgIpc) is 2.15. The van der Waals surface area contributed by atoms with Gasteiger partial charge in [-0.25, -0.2) is 0 Å². The van der Waals surface area contributed by atoms with Crippen LogP contribution in [0.15, 0.2) is 18.2 Å². The van der Waals surface area contributed by atoms with E-state index in [0.717, 1.165) is 5.56 Å². The van der Waals surface area contributed by atoms with Gasteiger partial charge in [0.2, 0.25) is 0 Å². The Hall–Kier alpha value is -1.46. The second-order valence-corrected chi connectivity index (χ2v) is 3.15. The van der Waals surface area contributed by atoms with Crippen molar-refractivity contribution in [3.63, 3.8) is 0 Å². The molecule has 0 saturated heterocycles. The Bertz CT molecular complexity index is 352. The molecule has 14 heavy (non-hydrogen) atoms. The van der Waals surface area contributed by atoms with Crippen LogP contribution in [0.2, 0.25) is 0 Å². The lowest BCUT2D eigenvalue weighted by atomic mass is 10.0. The van der Waals surface area contributed by atoms with Crippen LogP contribution >= 0.6 is 0 Å². The van der Waals surface area contributed by atoms with Gasteiger partial charge in [-0.2, -0.15) is 0 Å². The van der Waals surface area contributed by atoms with E-state index in [0.29, 0.717) is 12.1 Å². The maximum Gasteiger partial charge on any atom is 0.272 e. The first-order valence-electron chi connectivity index (χ1n) is 4.27. The summed E-state index contributed by atoms with van der Waals surface area (Å²) in [5.41, 5.74) is 12.6. The molecule has 0 bridgehead atoms. The number of nitrogens with two attached hydrogens (primary N) is 2. The number of rotatable bonds is 3. The summed E-state index contributed by atoms with van der Waals surface area (Å²) in [5, 5.41) is 10.5. The lowest BCUT2D eigenvalue weighted by molar-refractivity contribution is -0.385. The van der Waals surface area contributed by atoms with Crippen molar-refractivity contribution in [1.82, 2.24) is 0 Å². The first-order valence-corrected chi connectivity index (χ1v) is 4.27. The van der Waals surface area contributed by atoms with E-state index in [2.05, 4.69) is 0 Å². The Morgan fingerprint density at radius 1 is 1.57 bits per heavy atom. The van der Waals surface area contributed by atoms with Gasteiger partial charge in [-0.3, -0.25) is 10.1 Å². The van der Waals surface area contributed by atoms with Crippen molar-refractivity contribution in [2.45, 2.75) is 13.0 Å². The number of hydrogen-bond donors (Lipinski definition) is 2. The molecule has 0 radical (unpaired) electrons. The summed E-state index contributed by atoms with van der Waals surface area (Å²) in [6, 6.07) is 4.55. The molecule has 0 aliphatic rings. The van der Waals surface area contributed by atoms with Crippen molar-refractivity contribution >= 4 is 5.69 Å². The molecule has 1 rings (SSSR count). The molecule has 1 aromatic rings. The van der Waals surface area contributed by atoms with Gasteiger partial charge < -0.3 is 11.5 Å². The second-order valence-electron chi connectivity index (χ2n) is 3.15. The Labute approximate surface area is 81.9 Å². The van der Waals surface area contributed by atoms with Crippen LogP contribution in [0, 0.1) is 17.0 Å². The van der Waals surface area contributed by atoms with Gasteiger partial charge in [0.25, 0.3) is 5.69 Å². The normalized spacial score (nSPS) is 12.5. The lowest BCUT2D eigenvalue weighted by Crippen LogP contribution is -2.20. The number of aryl methyl sites for hydroxylation is 1. The Kier molecular flexibility index (Phi) is 3.16. The fourth-order valence-electron chi connectivity index (χ4n) is 1.25. The van der Waals surface area contributed by atoms with Crippen molar-refractivity contribution in [2.75, 3.05) is 6.54 Å². The molecule has 0 aromatic heterocycles. The van der Waals surface area contributed by atoms with Crippen molar-refractivity contribution in [2.24, 2.45) is 11.5 Å². The molecule has 4 N–H and O–H groups in total. The van der Waals surface area contributed by atoms with Crippen LogP contribution in [0.1, 0.15) is 17.2 Å². The van der Waals surface area contributed by atoms with Gasteiger partial charge in [0.1, 0.15) is 0 Å². The fraction of sp³-hybridized carbons (Fsp3) is 0.333. The van der Waals surface area contributed by atoms with E-state index in [1.54, 1.807) is 19.1 Å². The minimum Gasteiger partial charge on any atom is -0.329 e. The lowest BCUT2D eigenvalue weighted by Gasteiger charge is -2.09. The summed E-state index contributed by atoms with van der Waals surface area (Å²) >= 11 is 0. The third-order valence-electron chi connectivity index (χ3n) is 2.10. The maximum absolute atomic E-state index is 10.5. The number of hydrogen-bond acceptors (Lipinski definition) is 4. The number of benzene rings is 1. The van der Waals surface area contributed by atoms with Crippen LogP contribution in [-0.4, -0.2) is 11.5 Å². The van der Waals surface area contributed by atoms with E-state index in [1.807, 2.05) is 0 Å². The zero-order chi connectivity index (χ0) is 10.7. The van der Waals surface area contributed by atoms with E-state index in [4.69, 9.17) is 11.5 Å². The van der Waals surface area contributed by atoms with Gasteiger partial charge in [-0.05, 0) is 18.6 Å². The van der Waals surface area contributed by atoms with Crippen LogP contribution in [0.25, 0.3) is 0 Å². The quantitative estimate of drug-likeness (QED) is 0.552. The van der Waals surface area contributed by atoms with Crippen LogP contribution in [0.4, 0.5) is 5.69 Å². The molecule has 0 spiro atoms. The molecule has 0 saturated carbocycles. The second kappa shape index (κ2) is 4.17. The smallest absolute Gasteiger partial charge is 0.272 e. The highest BCUT2D eigenvalue weighted by Crippen LogP contribution is 2.21. The van der Waals surface area contributed by atoms with Gasteiger partial charge in [0, 0.05) is 24.2 Å². The maximum atomic E-state index is 10.5. The largest absolute Gasteiger partial charge is 0.329 e. The summed E-state index contributed by atoms with van der Waals surface area (Å²) in [5.74, 6) is 0. The van der Waals surface area contributed by atoms with Gasteiger partial charge in [0.05, 0.1) is 4.92 Å². The number of nitrogens with zero attached hydrogens (tertiary/aromatic N) is 1. The topological polar surface area (TPSA) is 95.2 Å². The van der Waals surface area contributed by atoms with Crippen molar-refractivity contribution < 1.29 is 4.92 Å². The third-order valence-corrected chi connectivity index (χ3v) is 2.10. The van der Waals surface area contributed by atoms with Crippen molar-refractivity contribution in [1.29, 1.82) is 0 Å². The minimum atomic E-state index is -0.410. The Morgan fingerprint density at radius 2 is 2.21 bits per heavy atom. The highest BCUT2D eigenvalue weighted by Gasteiger charge is 2.12. The van der Waals surface area contributed by atoms with Crippen LogP contribution in [-0.2, 0) is 0 Å². The molecule has 5 nitrogen and oxygen atoms in total. The Balaban J connectivity index is 3.06. The zero-order valence-corrected chi connectivity index (χ0v) is 7.93. The highest BCUT2D eigenvalue weighted by molar-refractivity contribution is 5.42. The predicted molar refractivity (Wildman–Crippen MR) is 53.8 cm³/mol. The van der Waals surface area contributed by atoms with E-state index < -0.39 is 4.92 Å². The van der Waals surface area contributed by atoms with Crippen LogP contribution in [0.5, 0.6) is 0 Å². The summed E-state index contributed by atoms with van der Waals surface area (Å²) in [6.07, 6.45) is 0. The van der Waals surface area contributed by atoms with E-state index >= 15 is 0 Å². The standard InChI is InChI=1S/C9H13N3O2/c1-6-4-7(8(11)5-10)2-3-9(6)12(13)14/h2-4,8H,5,10-11H2,1H3/t8-/m0/s1. The summed E-state index contributed by atoms with van der Waals surface area (Å²) < 4.78 is 0. The zero-order valence-electron chi connectivity index (χ0n) is 7.93. The molecule has 1 aromatic carbocycles. The third kappa shape index (κ3) is 2.07. The molecule has 0 fully saturated rings. The van der Waals surface area contributed by atoms with Gasteiger partial charge in [-0.15, -0.1) is 0 Å². The molecule has 0 amide bonds. The summed E-state index contributed by atoms with van der Waals surface area (Å²) in [7, 11) is 0. The molecular weight excluding hydrogens is 182 g/mol. The van der Waals surface area contributed by atoms with Gasteiger partial charge in [0.15, 0.2) is 0 Å². The molecule has 0 aliphatic carbocycles. The molecule has 76 valence electrons. The fourth-order valence-corrected chi connectivity index (χ4v) is 1.25. The van der Waals surface area contributed by atoms with E-state index in [-0.39, 0.29) is 11.7 Å². The molecule has 0 unspecified atom stereocenters. The first kappa shape index (κ1) is 10.6. The van der Waals surface area contributed by atoms with E-state index in [9.17, 15) is 10.1 Å². The van der Waals surface area contributed by atoms with Gasteiger partial charge in [-0.1, -0.05) is 6.07 Å². The Morgan fingerprint density at radius 3 is 2.64 bits per heavy atom. The van der Waals surface area contributed by atoms with Crippen LogP contribution < -0.4 is 11.5 Å². The van der Waals surface area contributed by atoms with Crippen molar-refractivity contribution in [3.05, 3.63) is 39.4 Å². The molecule has 1 atom stereocenters. The number of nitro benzene ring substituents is 1. The molecule has 0 aliphatic heterocycles. The molecular formula is C9H13N3O2. The number of nitro groups is 1. The average molecular weight is 195 g/mol. The minimum absolute atomic E-state index is 0.109. The highest BCUT2D eigenvalue weighted by atomic mass is 16.6. The van der Waals surface area contributed by atoms with Crippen LogP contribution in [0.3, 0.4) is 0 Å².